The Balaban J connectivity index is 2.04. The van der Waals surface area contributed by atoms with Gasteiger partial charge in [-0.25, -0.2) is 0 Å². The zero-order valence-corrected chi connectivity index (χ0v) is 13.5. The number of pyridine rings is 1. The van der Waals surface area contributed by atoms with Gasteiger partial charge in [-0.2, -0.15) is 5.26 Å². The number of benzene rings is 1. The second kappa shape index (κ2) is 6.99. The number of nitriles is 1. The lowest BCUT2D eigenvalue weighted by molar-refractivity contribution is 0.331. The molecule has 5 heteroatoms. The third-order valence-corrected chi connectivity index (χ3v) is 4.59. The molecule has 1 aliphatic rings. The van der Waals surface area contributed by atoms with E-state index in [1.807, 2.05) is 36.4 Å². The number of rotatable bonds is 3. The van der Waals surface area contributed by atoms with Crippen molar-refractivity contribution in [1.29, 1.82) is 5.26 Å². The number of piperidine rings is 1. The van der Waals surface area contributed by atoms with Crippen LogP contribution in [0.15, 0.2) is 41.2 Å². The van der Waals surface area contributed by atoms with E-state index in [0.717, 1.165) is 37.2 Å². The van der Waals surface area contributed by atoms with Gasteiger partial charge in [0.1, 0.15) is 11.6 Å². The fourth-order valence-electron chi connectivity index (χ4n) is 3.04. The zero-order valence-electron chi connectivity index (χ0n) is 12.8. The Morgan fingerprint density at radius 1 is 1.17 bits per heavy atom. The lowest BCUT2D eigenvalue weighted by Crippen LogP contribution is -2.33. The molecule has 4 nitrogen and oxygen atoms in total. The number of hydrogen-bond donors (Lipinski definition) is 1. The van der Waals surface area contributed by atoms with Crippen LogP contribution in [0.2, 0.25) is 5.02 Å². The number of halogens is 1. The van der Waals surface area contributed by atoms with Gasteiger partial charge >= 0.3 is 0 Å². The molecule has 0 radical (unpaired) electrons. The highest BCUT2D eigenvalue weighted by Crippen LogP contribution is 2.23. The predicted molar refractivity (Wildman–Crippen MR) is 91.5 cm³/mol. The van der Waals surface area contributed by atoms with Crippen LogP contribution in [0.25, 0.3) is 11.3 Å². The summed E-state index contributed by atoms with van der Waals surface area (Å²) >= 11 is 5.95. The Bertz CT molecular complexity index is 783. The number of aromatic nitrogens is 1. The second-order valence-electron chi connectivity index (χ2n) is 5.86. The van der Waals surface area contributed by atoms with Crippen LogP contribution in [0.5, 0.6) is 0 Å². The van der Waals surface area contributed by atoms with E-state index < -0.39 is 0 Å². The Morgan fingerprint density at radius 2 is 1.87 bits per heavy atom. The molecule has 0 spiro atoms. The number of nitrogens with zero attached hydrogens (tertiary/aromatic N) is 2. The molecule has 2 heterocycles. The van der Waals surface area contributed by atoms with E-state index in [2.05, 4.69) is 5.32 Å². The topological polar surface area (TPSA) is 57.8 Å². The van der Waals surface area contributed by atoms with Crippen molar-refractivity contribution in [2.75, 3.05) is 13.1 Å². The predicted octanol–water partition coefficient (Wildman–Crippen LogP) is 3.04. The molecular weight excluding hydrogens is 310 g/mol. The fourth-order valence-corrected chi connectivity index (χ4v) is 3.17. The average molecular weight is 328 g/mol. The third kappa shape index (κ3) is 3.47. The van der Waals surface area contributed by atoms with Crippen molar-refractivity contribution in [2.45, 2.75) is 19.4 Å². The molecule has 0 aliphatic carbocycles. The number of nitrogens with one attached hydrogen (secondary N) is 1. The summed E-state index contributed by atoms with van der Waals surface area (Å²) in [5.74, 6) is 0.453. The first kappa shape index (κ1) is 15.8. The van der Waals surface area contributed by atoms with Gasteiger partial charge in [-0.1, -0.05) is 23.7 Å². The summed E-state index contributed by atoms with van der Waals surface area (Å²) in [6, 6.07) is 12.9. The summed E-state index contributed by atoms with van der Waals surface area (Å²) in [4.78, 5) is 12.6. The highest BCUT2D eigenvalue weighted by Gasteiger charge is 2.17. The van der Waals surface area contributed by atoms with Crippen LogP contribution in [0.1, 0.15) is 18.4 Å². The molecular formula is C18H18ClN3O. The van der Waals surface area contributed by atoms with Crippen molar-refractivity contribution >= 4 is 11.6 Å². The molecule has 0 saturated carbocycles. The van der Waals surface area contributed by atoms with Gasteiger partial charge in [0, 0.05) is 11.6 Å². The third-order valence-electron chi connectivity index (χ3n) is 4.33. The first-order valence-corrected chi connectivity index (χ1v) is 8.17. The zero-order chi connectivity index (χ0) is 16.2. The van der Waals surface area contributed by atoms with E-state index in [1.54, 1.807) is 10.6 Å². The second-order valence-corrected chi connectivity index (χ2v) is 6.30. The summed E-state index contributed by atoms with van der Waals surface area (Å²) in [6.45, 7) is 2.61. The molecule has 3 rings (SSSR count). The molecule has 0 unspecified atom stereocenters. The van der Waals surface area contributed by atoms with Crippen LogP contribution in [-0.2, 0) is 6.54 Å². The normalized spacial score (nSPS) is 15.3. The fraction of sp³-hybridized carbons (Fsp3) is 0.333. The van der Waals surface area contributed by atoms with E-state index in [-0.39, 0.29) is 11.1 Å². The summed E-state index contributed by atoms with van der Waals surface area (Å²) in [5.41, 5.74) is 1.75. The molecule has 1 aliphatic heterocycles. The maximum Gasteiger partial charge on any atom is 0.268 e. The highest BCUT2D eigenvalue weighted by atomic mass is 35.5. The quantitative estimate of drug-likeness (QED) is 0.942. The van der Waals surface area contributed by atoms with Crippen molar-refractivity contribution in [3.8, 4) is 17.3 Å². The average Bonchev–Trinajstić information content (AvgIpc) is 2.58. The molecule has 1 N–H and O–H groups in total. The monoisotopic (exact) mass is 327 g/mol. The van der Waals surface area contributed by atoms with Crippen LogP contribution in [0.4, 0.5) is 0 Å². The molecule has 118 valence electrons. The van der Waals surface area contributed by atoms with Crippen molar-refractivity contribution in [2.24, 2.45) is 5.92 Å². The molecule has 1 saturated heterocycles. The lowest BCUT2D eigenvalue weighted by Gasteiger charge is -2.25. The summed E-state index contributed by atoms with van der Waals surface area (Å²) in [5, 5.41) is 13.2. The summed E-state index contributed by atoms with van der Waals surface area (Å²) in [6.07, 6.45) is 2.09. The summed E-state index contributed by atoms with van der Waals surface area (Å²) in [7, 11) is 0. The van der Waals surface area contributed by atoms with Gasteiger partial charge in [-0.05, 0) is 61.7 Å². The first-order chi connectivity index (χ1) is 11.2. The van der Waals surface area contributed by atoms with Crippen LogP contribution in [-0.4, -0.2) is 17.7 Å². The Hall–Kier alpha value is -2.09. The van der Waals surface area contributed by atoms with Gasteiger partial charge < -0.3 is 9.88 Å². The van der Waals surface area contributed by atoms with Crippen LogP contribution < -0.4 is 10.9 Å². The van der Waals surface area contributed by atoms with Gasteiger partial charge in [0.2, 0.25) is 0 Å². The Morgan fingerprint density at radius 3 is 2.52 bits per heavy atom. The van der Waals surface area contributed by atoms with Crippen molar-refractivity contribution in [1.82, 2.24) is 9.88 Å². The van der Waals surface area contributed by atoms with Crippen LogP contribution >= 0.6 is 11.6 Å². The summed E-state index contributed by atoms with van der Waals surface area (Å²) < 4.78 is 1.75. The first-order valence-electron chi connectivity index (χ1n) is 7.79. The van der Waals surface area contributed by atoms with Gasteiger partial charge in [0.25, 0.3) is 5.56 Å². The molecule has 23 heavy (non-hydrogen) atoms. The van der Waals surface area contributed by atoms with Gasteiger partial charge in [-0.3, -0.25) is 4.79 Å². The van der Waals surface area contributed by atoms with Crippen LogP contribution in [0, 0.1) is 17.2 Å². The minimum atomic E-state index is -0.210. The molecule has 1 fully saturated rings. The molecule has 0 atom stereocenters. The van der Waals surface area contributed by atoms with E-state index in [0.29, 0.717) is 17.5 Å². The van der Waals surface area contributed by atoms with Crippen LogP contribution in [0.3, 0.4) is 0 Å². The lowest BCUT2D eigenvalue weighted by atomic mass is 9.97. The maximum atomic E-state index is 12.6. The highest BCUT2D eigenvalue weighted by molar-refractivity contribution is 6.30. The molecule has 1 aromatic heterocycles. The Labute approximate surface area is 140 Å². The molecule has 1 aromatic carbocycles. The maximum absolute atomic E-state index is 12.6. The van der Waals surface area contributed by atoms with E-state index in [4.69, 9.17) is 16.9 Å². The van der Waals surface area contributed by atoms with Gasteiger partial charge in [0.05, 0.1) is 5.69 Å². The van der Waals surface area contributed by atoms with Crippen molar-refractivity contribution in [3.05, 3.63) is 57.3 Å². The van der Waals surface area contributed by atoms with E-state index in [9.17, 15) is 4.79 Å². The minimum absolute atomic E-state index is 0.191. The molecule has 0 amide bonds. The molecule has 0 bridgehead atoms. The van der Waals surface area contributed by atoms with Gasteiger partial charge in [0.15, 0.2) is 0 Å². The van der Waals surface area contributed by atoms with Crippen molar-refractivity contribution < 1.29 is 0 Å². The smallest absolute Gasteiger partial charge is 0.268 e. The SMILES string of the molecule is N#Cc1ccc(-c2ccc(Cl)cc2)n(CC2CCNCC2)c1=O. The largest absolute Gasteiger partial charge is 0.317 e. The molecule has 2 aromatic rings. The Kier molecular flexibility index (Phi) is 4.80. The minimum Gasteiger partial charge on any atom is -0.317 e. The van der Waals surface area contributed by atoms with E-state index >= 15 is 0 Å². The standard InChI is InChI=1S/C18H18ClN3O/c19-16-4-1-14(2-5-16)17-6-3-15(11-20)18(23)22(17)12-13-7-9-21-10-8-13/h1-6,13,21H,7-10,12H2. The van der Waals surface area contributed by atoms with Gasteiger partial charge in [-0.15, -0.1) is 0 Å². The number of hydrogen-bond acceptors (Lipinski definition) is 3. The van der Waals surface area contributed by atoms with E-state index in [1.165, 1.54) is 0 Å². The van der Waals surface area contributed by atoms with Crippen molar-refractivity contribution in [3.63, 3.8) is 0 Å².